The van der Waals surface area contributed by atoms with Crippen LogP contribution in [-0.4, -0.2) is 67.2 Å². The van der Waals surface area contributed by atoms with Crippen molar-refractivity contribution in [2.75, 3.05) is 19.0 Å². The number of carbonyl (C=O) groups is 4. The van der Waals surface area contributed by atoms with Gasteiger partial charge in [0.15, 0.2) is 0 Å². The maximum atomic E-state index is 14.0. The maximum Gasteiger partial charge on any atom is 0.413 e. The summed E-state index contributed by atoms with van der Waals surface area (Å²) in [6, 6.07) is 5.94. The maximum absolute atomic E-state index is 14.0. The Morgan fingerprint density at radius 1 is 0.909 bits per heavy atom. The lowest BCUT2D eigenvalue weighted by molar-refractivity contribution is -0.129. The molecule has 5 rings (SSSR count). The largest absolute Gasteiger partial charge is 0.453 e. The third kappa shape index (κ3) is 6.84. The van der Waals surface area contributed by atoms with E-state index in [4.69, 9.17) is 0 Å². The van der Waals surface area contributed by atoms with Gasteiger partial charge < -0.3 is 15.0 Å². The molecule has 2 aliphatic carbocycles. The Morgan fingerprint density at radius 2 is 1.50 bits per heavy atom. The third-order valence-corrected chi connectivity index (χ3v) is 12.1. The summed E-state index contributed by atoms with van der Waals surface area (Å²) in [7, 11) is -2.63. The molecule has 4 amide bonds. The van der Waals surface area contributed by atoms with Gasteiger partial charge in [0.2, 0.25) is 15.9 Å². The van der Waals surface area contributed by atoms with E-state index < -0.39 is 27.9 Å². The zero-order valence-corrected chi connectivity index (χ0v) is 26.9. The number of hydrogen-bond acceptors (Lipinski definition) is 8. The van der Waals surface area contributed by atoms with E-state index in [2.05, 4.69) is 15.4 Å². The first-order chi connectivity index (χ1) is 21.1. The summed E-state index contributed by atoms with van der Waals surface area (Å²) in [4.78, 5) is 52.8. The first kappa shape index (κ1) is 32.1. The van der Waals surface area contributed by atoms with Crippen molar-refractivity contribution in [3.05, 3.63) is 45.8 Å². The highest BCUT2D eigenvalue weighted by molar-refractivity contribution is 7.89. The molecule has 44 heavy (non-hydrogen) atoms. The minimum Gasteiger partial charge on any atom is -0.453 e. The number of thiophene rings is 1. The number of amides is 4. The molecule has 0 bridgehead atoms. The van der Waals surface area contributed by atoms with Crippen LogP contribution in [0.1, 0.15) is 102 Å². The Hall–Kier alpha value is -3.29. The Bertz CT molecular complexity index is 1490. The van der Waals surface area contributed by atoms with Gasteiger partial charge in [-0.1, -0.05) is 38.5 Å². The molecule has 0 saturated heterocycles. The first-order valence-corrected chi connectivity index (χ1v) is 17.6. The molecule has 238 valence electrons. The molecule has 11 nitrogen and oxygen atoms in total. The molecule has 13 heteroatoms. The van der Waals surface area contributed by atoms with Gasteiger partial charge in [-0.3, -0.25) is 19.7 Å². The highest BCUT2D eigenvalue weighted by atomic mass is 32.2. The molecule has 0 spiro atoms. The molecule has 3 aliphatic rings. The molecule has 0 unspecified atom stereocenters. The van der Waals surface area contributed by atoms with E-state index in [-0.39, 0.29) is 45.6 Å². The van der Waals surface area contributed by atoms with Crippen LogP contribution in [-0.2, 0) is 32.5 Å². The summed E-state index contributed by atoms with van der Waals surface area (Å²) in [5.41, 5.74) is 1.04. The van der Waals surface area contributed by atoms with Crippen molar-refractivity contribution < 1.29 is 32.3 Å². The van der Waals surface area contributed by atoms with E-state index in [1.165, 1.54) is 42.5 Å². The summed E-state index contributed by atoms with van der Waals surface area (Å²) in [6.07, 6.45) is 9.32. The van der Waals surface area contributed by atoms with Crippen LogP contribution in [0.25, 0.3) is 0 Å². The van der Waals surface area contributed by atoms with Crippen molar-refractivity contribution in [3.8, 4) is 0 Å². The smallest absolute Gasteiger partial charge is 0.413 e. The molecular weight excluding hydrogens is 604 g/mol. The molecule has 2 N–H and O–H groups in total. The number of nitrogens with one attached hydrogen (secondary N) is 2. The highest BCUT2D eigenvalue weighted by Gasteiger charge is 2.38. The minimum absolute atomic E-state index is 0.00169. The number of alkyl carbamates (subject to hydrolysis) is 1. The summed E-state index contributed by atoms with van der Waals surface area (Å²) >= 11 is 1.17. The number of fused-ring (bicyclic) bond motifs is 1. The molecular formula is C31H40N4O7S2. The summed E-state index contributed by atoms with van der Waals surface area (Å²) in [5.74, 6) is -1.34. The van der Waals surface area contributed by atoms with Crippen LogP contribution < -0.4 is 10.6 Å². The fourth-order valence-corrected chi connectivity index (χ4v) is 9.83. The van der Waals surface area contributed by atoms with Gasteiger partial charge in [0.25, 0.3) is 11.8 Å². The van der Waals surface area contributed by atoms with Crippen molar-refractivity contribution in [1.29, 1.82) is 0 Å². The van der Waals surface area contributed by atoms with Crippen molar-refractivity contribution in [2.45, 2.75) is 101 Å². The lowest BCUT2D eigenvalue weighted by Gasteiger charge is -2.40. The van der Waals surface area contributed by atoms with E-state index in [0.717, 1.165) is 76.2 Å². The van der Waals surface area contributed by atoms with Crippen LogP contribution in [0.15, 0.2) is 29.2 Å². The van der Waals surface area contributed by atoms with Crippen molar-refractivity contribution >= 4 is 50.2 Å². The standard InChI is InChI=1S/C31H40N4O7S2/c1-20(36)34-18-17-25-26(19-34)43-30(27(25)29(38)33-31(39)42-2)32-28(37)21-13-15-24(16-14-21)44(40,41)35(22-9-5-3-6-10-22)23-11-7-4-8-12-23/h13-16,22-23H,3-12,17-19H2,1-2H3,(H,32,37)(H,33,38,39). The van der Waals surface area contributed by atoms with E-state index in [0.29, 0.717) is 18.5 Å². The van der Waals surface area contributed by atoms with Gasteiger partial charge in [0.1, 0.15) is 5.00 Å². The van der Waals surface area contributed by atoms with E-state index in [9.17, 15) is 27.6 Å². The third-order valence-electron chi connectivity index (χ3n) is 8.92. The predicted molar refractivity (Wildman–Crippen MR) is 166 cm³/mol. The van der Waals surface area contributed by atoms with Crippen LogP contribution in [0.2, 0.25) is 0 Å². The van der Waals surface area contributed by atoms with Gasteiger partial charge in [-0.25, -0.2) is 13.2 Å². The van der Waals surface area contributed by atoms with Gasteiger partial charge in [0.05, 0.1) is 24.1 Å². The number of methoxy groups -OCH3 is 1. The predicted octanol–water partition coefficient (Wildman–Crippen LogP) is 5.06. The second-order valence-corrected chi connectivity index (χ2v) is 14.7. The average Bonchev–Trinajstić information content (AvgIpc) is 3.39. The van der Waals surface area contributed by atoms with Crippen LogP contribution >= 0.6 is 11.3 Å². The zero-order chi connectivity index (χ0) is 31.4. The van der Waals surface area contributed by atoms with Crippen molar-refractivity contribution in [1.82, 2.24) is 14.5 Å². The number of carbonyl (C=O) groups excluding carboxylic acids is 4. The van der Waals surface area contributed by atoms with Crippen LogP contribution in [0, 0.1) is 0 Å². The average molecular weight is 645 g/mol. The number of hydrogen-bond donors (Lipinski definition) is 2. The number of imide groups is 1. The summed E-state index contributed by atoms with van der Waals surface area (Å²) in [5, 5.41) is 5.19. The molecule has 1 aliphatic heterocycles. The number of sulfonamides is 1. The van der Waals surface area contributed by atoms with Gasteiger partial charge >= 0.3 is 6.09 Å². The monoisotopic (exact) mass is 644 g/mol. The van der Waals surface area contributed by atoms with Gasteiger partial charge in [-0.15, -0.1) is 11.3 Å². The molecule has 1 aromatic heterocycles. The SMILES string of the molecule is COC(=O)NC(=O)c1c(NC(=O)c2ccc(S(=O)(=O)N(C3CCCCC3)C3CCCCC3)cc2)sc2c1CCN(C(C)=O)C2. The highest BCUT2D eigenvalue weighted by Crippen LogP contribution is 2.38. The van der Waals surface area contributed by atoms with E-state index >= 15 is 0 Å². The molecule has 0 radical (unpaired) electrons. The van der Waals surface area contributed by atoms with Crippen LogP contribution in [0.5, 0.6) is 0 Å². The van der Waals surface area contributed by atoms with Crippen LogP contribution in [0.4, 0.5) is 9.80 Å². The topological polar surface area (TPSA) is 142 Å². The summed E-state index contributed by atoms with van der Waals surface area (Å²) < 4.78 is 34.4. The Kier molecular flexibility index (Phi) is 10.1. The van der Waals surface area contributed by atoms with Crippen molar-refractivity contribution in [2.24, 2.45) is 0 Å². The zero-order valence-electron chi connectivity index (χ0n) is 25.2. The molecule has 2 heterocycles. The fraction of sp³-hybridized carbons (Fsp3) is 0.548. The fourth-order valence-electron chi connectivity index (χ4n) is 6.64. The van der Waals surface area contributed by atoms with E-state index in [1.807, 2.05) is 0 Å². The summed E-state index contributed by atoms with van der Waals surface area (Å²) in [6.45, 7) is 2.16. The van der Waals surface area contributed by atoms with Gasteiger partial charge in [-0.05, 0) is 61.9 Å². The molecule has 0 atom stereocenters. The molecule has 2 saturated carbocycles. The molecule has 2 aromatic rings. The number of rotatable bonds is 7. The normalized spacial score (nSPS) is 18.0. The second-order valence-electron chi connectivity index (χ2n) is 11.7. The van der Waals surface area contributed by atoms with Gasteiger partial charge in [0, 0.05) is 36.0 Å². The first-order valence-electron chi connectivity index (χ1n) is 15.3. The minimum atomic E-state index is -3.77. The number of anilines is 1. The Labute approximate surface area is 262 Å². The van der Waals surface area contributed by atoms with Crippen molar-refractivity contribution in [3.63, 3.8) is 0 Å². The van der Waals surface area contributed by atoms with Crippen LogP contribution in [0.3, 0.4) is 0 Å². The number of benzene rings is 1. The quantitative estimate of drug-likeness (QED) is 0.429. The van der Waals surface area contributed by atoms with E-state index in [1.54, 1.807) is 9.21 Å². The lowest BCUT2D eigenvalue weighted by atomic mass is 9.91. The second kappa shape index (κ2) is 13.8. The molecule has 2 fully saturated rings. The lowest BCUT2D eigenvalue weighted by Crippen LogP contribution is -2.48. The Balaban J connectivity index is 1.39. The molecule has 1 aromatic carbocycles. The van der Waals surface area contributed by atoms with Gasteiger partial charge in [-0.2, -0.15) is 4.31 Å². The Morgan fingerprint density at radius 3 is 2.05 bits per heavy atom. The number of ether oxygens (including phenoxy) is 1. The number of nitrogens with zero attached hydrogens (tertiary/aromatic N) is 2.